The smallest absolute Gasteiger partial charge is 0.306 e. The summed E-state index contributed by atoms with van der Waals surface area (Å²) in [5.41, 5.74) is 0. The van der Waals surface area contributed by atoms with Crippen LogP contribution in [0.2, 0.25) is 0 Å². The van der Waals surface area contributed by atoms with Gasteiger partial charge in [-0.3, -0.25) is 4.79 Å². The van der Waals surface area contributed by atoms with E-state index in [1.165, 1.54) is 0 Å². The fourth-order valence-corrected chi connectivity index (χ4v) is 2.70. The fourth-order valence-electron chi connectivity index (χ4n) is 2.70. The van der Waals surface area contributed by atoms with E-state index in [4.69, 9.17) is 14.2 Å². The van der Waals surface area contributed by atoms with Crippen LogP contribution in [0.4, 0.5) is 0 Å². The molecule has 4 atom stereocenters. The number of carbonyl (C=O) groups is 1. The maximum absolute atomic E-state index is 11.0. The van der Waals surface area contributed by atoms with Crippen LogP contribution in [-0.4, -0.2) is 31.6 Å². The van der Waals surface area contributed by atoms with Crippen LogP contribution in [0.3, 0.4) is 0 Å². The summed E-state index contributed by atoms with van der Waals surface area (Å²) in [6, 6.07) is 0. The van der Waals surface area contributed by atoms with Crippen molar-refractivity contribution in [1.82, 2.24) is 0 Å². The van der Waals surface area contributed by atoms with Crippen LogP contribution in [-0.2, 0) is 19.0 Å². The van der Waals surface area contributed by atoms with E-state index in [9.17, 15) is 4.79 Å². The lowest BCUT2D eigenvalue weighted by Gasteiger charge is -2.27. The van der Waals surface area contributed by atoms with E-state index in [-0.39, 0.29) is 18.2 Å². The van der Waals surface area contributed by atoms with Gasteiger partial charge in [0.15, 0.2) is 0 Å². The summed E-state index contributed by atoms with van der Waals surface area (Å²) in [5.74, 6) is 0.669. The van der Waals surface area contributed by atoms with Crippen molar-refractivity contribution in [2.75, 3.05) is 13.4 Å². The van der Waals surface area contributed by atoms with Crippen LogP contribution in [0.5, 0.6) is 0 Å². The maximum Gasteiger partial charge on any atom is 0.306 e. The summed E-state index contributed by atoms with van der Waals surface area (Å²) < 4.78 is 15.9. The zero-order valence-corrected chi connectivity index (χ0v) is 7.27. The van der Waals surface area contributed by atoms with Crippen LogP contribution in [0.1, 0.15) is 12.8 Å². The molecule has 0 N–H and O–H groups in total. The first-order valence-electron chi connectivity index (χ1n) is 4.73. The van der Waals surface area contributed by atoms with Gasteiger partial charge in [0.25, 0.3) is 0 Å². The van der Waals surface area contributed by atoms with Gasteiger partial charge < -0.3 is 14.2 Å². The zero-order valence-electron chi connectivity index (χ0n) is 7.27. The molecular weight excluding hydrogens is 172 g/mol. The molecule has 0 aromatic heterocycles. The van der Waals surface area contributed by atoms with Crippen molar-refractivity contribution in [2.45, 2.75) is 25.0 Å². The molecule has 0 spiro atoms. The number of carbonyl (C=O) groups excluding carboxylic acids is 1. The first-order valence-corrected chi connectivity index (χ1v) is 4.73. The molecule has 2 aliphatic heterocycles. The molecule has 0 radical (unpaired) electrons. The second kappa shape index (κ2) is 2.69. The molecule has 2 saturated heterocycles. The van der Waals surface area contributed by atoms with E-state index in [0.717, 1.165) is 13.0 Å². The van der Waals surface area contributed by atoms with Gasteiger partial charge in [0, 0.05) is 18.3 Å². The monoisotopic (exact) mass is 184 g/mol. The van der Waals surface area contributed by atoms with Crippen LogP contribution in [0, 0.1) is 11.8 Å². The Bertz CT molecular complexity index is 240. The van der Waals surface area contributed by atoms with E-state index < -0.39 is 0 Å². The molecule has 3 fully saturated rings. The van der Waals surface area contributed by atoms with E-state index in [2.05, 4.69) is 0 Å². The SMILES string of the molecule is O=C1C[C@@H]2[C@H]3COCO[C@@H]3C[C@@H]2O1. The Kier molecular flexibility index (Phi) is 1.60. The highest BCUT2D eigenvalue weighted by atomic mass is 16.7. The molecule has 4 nitrogen and oxygen atoms in total. The molecule has 0 aromatic carbocycles. The summed E-state index contributed by atoms with van der Waals surface area (Å²) in [6.45, 7) is 1.12. The minimum atomic E-state index is -0.0565. The van der Waals surface area contributed by atoms with Gasteiger partial charge >= 0.3 is 5.97 Å². The molecule has 0 unspecified atom stereocenters. The zero-order chi connectivity index (χ0) is 8.84. The van der Waals surface area contributed by atoms with Gasteiger partial charge in [-0.2, -0.15) is 0 Å². The Labute approximate surface area is 76.1 Å². The summed E-state index contributed by atoms with van der Waals surface area (Å²) in [5, 5.41) is 0. The van der Waals surface area contributed by atoms with Gasteiger partial charge in [0.2, 0.25) is 0 Å². The molecule has 0 amide bonds. The largest absolute Gasteiger partial charge is 0.462 e. The highest BCUT2D eigenvalue weighted by Crippen LogP contribution is 2.43. The summed E-state index contributed by atoms with van der Waals surface area (Å²) in [4.78, 5) is 11.0. The first-order chi connectivity index (χ1) is 6.34. The quantitative estimate of drug-likeness (QED) is 0.508. The van der Waals surface area contributed by atoms with Crippen molar-refractivity contribution in [3.8, 4) is 0 Å². The predicted octanol–water partition coefficient (Wildman–Crippen LogP) is 0.311. The number of esters is 1. The topological polar surface area (TPSA) is 44.8 Å². The normalized spacial score (nSPS) is 48.5. The highest BCUT2D eigenvalue weighted by molar-refractivity contribution is 5.72. The summed E-state index contributed by atoms with van der Waals surface area (Å²) in [7, 11) is 0. The van der Waals surface area contributed by atoms with E-state index >= 15 is 0 Å². The van der Waals surface area contributed by atoms with Crippen LogP contribution in [0.15, 0.2) is 0 Å². The Morgan fingerprint density at radius 1 is 1.23 bits per heavy atom. The standard InChI is InChI=1S/C9H12O4/c10-9-1-5-6-3-11-4-12-7(6)2-8(5)13-9/h5-8H,1-4H2/t5-,6-,7-,8+/m1/s1. The maximum atomic E-state index is 11.0. The van der Waals surface area contributed by atoms with Crippen molar-refractivity contribution >= 4 is 5.97 Å². The van der Waals surface area contributed by atoms with Gasteiger partial charge in [0.1, 0.15) is 12.9 Å². The van der Waals surface area contributed by atoms with Gasteiger partial charge in [-0.15, -0.1) is 0 Å². The average molecular weight is 184 g/mol. The molecular formula is C9H12O4. The van der Waals surface area contributed by atoms with Gasteiger partial charge in [-0.1, -0.05) is 0 Å². The highest BCUT2D eigenvalue weighted by Gasteiger charge is 2.51. The molecule has 1 saturated carbocycles. The summed E-state index contributed by atoms with van der Waals surface area (Å²) >= 11 is 0. The van der Waals surface area contributed by atoms with Crippen LogP contribution >= 0.6 is 0 Å². The van der Waals surface area contributed by atoms with E-state index in [1.54, 1.807) is 0 Å². The minimum absolute atomic E-state index is 0.0565. The lowest BCUT2D eigenvalue weighted by Crippen LogP contribution is -2.33. The fraction of sp³-hybridized carbons (Fsp3) is 0.889. The average Bonchev–Trinajstić information content (AvgIpc) is 2.60. The molecule has 3 aliphatic rings. The minimum Gasteiger partial charge on any atom is -0.462 e. The molecule has 72 valence electrons. The lowest BCUT2D eigenvalue weighted by molar-refractivity contribution is -0.168. The third kappa shape index (κ3) is 1.09. The number of ether oxygens (including phenoxy) is 3. The Hall–Kier alpha value is -0.610. The van der Waals surface area contributed by atoms with Gasteiger partial charge in [-0.05, 0) is 0 Å². The summed E-state index contributed by atoms with van der Waals surface area (Å²) in [6.07, 6.45) is 1.78. The van der Waals surface area contributed by atoms with Crippen molar-refractivity contribution in [2.24, 2.45) is 11.8 Å². The Morgan fingerprint density at radius 3 is 3.08 bits per heavy atom. The molecule has 4 heteroatoms. The number of rotatable bonds is 0. The number of fused-ring (bicyclic) bond motifs is 3. The molecule has 1 aliphatic carbocycles. The van der Waals surface area contributed by atoms with Crippen molar-refractivity contribution in [3.05, 3.63) is 0 Å². The number of hydrogen-bond acceptors (Lipinski definition) is 4. The first kappa shape index (κ1) is 7.76. The van der Waals surface area contributed by atoms with Crippen LogP contribution < -0.4 is 0 Å². The third-order valence-electron chi connectivity index (χ3n) is 3.33. The number of hydrogen-bond donors (Lipinski definition) is 0. The molecule has 0 bridgehead atoms. The van der Waals surface area contributed by atoms with Gasteiger partial charge in [-0.25, -0.2) is 0 Å². The second-order valence-corrected chi connectivity index (χ2v) is 3.99. The van der Waals surface area contributed by atoms with Gasteiger partial charge in [0.05, 0.1) is 19.1 Å². The van der Waals surface area contributed by atoms with Crippen molar-refractivity contribution in [3.63, 3.8) is 0 Å². The molecule has 0 aromatic rings. The molecule has 3 rings (SSSR count). The Morgan fingerprint density at radius 2 is 2.15 bits per heavy atom. The second-order valence-electron chi connectivity index (χ2n) is 3.99. The van der Waals surface area contributed by atoms with Crippen LogP contribution in [0.25, 0.3) is 0 Å². The van der Waals surface area contributed by atoms with Crippen molar-refractivity contribution in [1.29, 1.82) is 0 Å². The van der Waals surface area contributed by atoms with Crippen molar-refractivity contribution < 1.29 is 19.0 Å². The van der Waals surface area contributed by atoms with E-state index in [0.29, 0.717) is 25.0 Å². The van der Waals surface area contributed by atoms with E-state index in [1.807, 2.05) is 0 Å². The molecule has 2 heterocycles. The lowest BCUT2D eigenvalue weighted by atomic mass is 9.93. The third-order valence-corrected chi connectivity index (χ3v) is 3.33. The molecule has 13 heavy (non-hydrogen) atoms. The Balaban J connectivity index is 1.80. The predicted molar refractivity (Wildman–Crippen MR) is 41.8 cm³/mol.